The van der Waals surface area contributed by atoms with Gasteiger partial charge in [0.1, 0.15) is 0 Å². The van der Waals surface area contributed by atoms with Gasteiger partial charge in [-0.15, -0.1) is 0 Å². The molecule has 0 bridgehead atoms. The Kier molecular flexibility index (Phi) is 6.51. The summed E-state index contributed by atoms with van der Waals surface area (Å²) in [7, 11) is 0. The minimum atomic E-state index is 0.215. The van der Waals surface area contributed by atoms with E-state index in [1.807, 2.05) is 0 Å². The third-order valence-electron chi connectivity index (χ3n) is 0.109. The van der Waals surface area contributed by atoms with Crippen molar-refractivity contribution in [3.63, 3.8) is 0 Å². The van der Waals surface area contributed by atoms with Crippen molar-refractivity contribution < 1.29 is 0 Å². The zero-order valence-corrected chi connectivity index (χ0v) is 7.82. The van der Waals surface area contributed by atoms with Gasteiger partial charge in [0.05, 0.1) is 0 Å². The first kappa shape index (κ1) is 5.63. The maximum atomic E-state index is 2.52. The van der Waals surface area contributed by atoms with Gasteiger partial charge in [0.2, 0.25) is 0 Å². The van der Waals surface area contributed by atoms with Crippen molar-refractivity contribution in [2.75, 3.05) is 0 Å². The van der Waals surface area contributed by atoms with Crippen LogP contribution in [0.4, 0.5) is 0 Å². The van der Waals surface area contributed by atoms with E-state index >= 15 is 0 Å². The molecule has 2 heteroatoms. The summed E-state index contributed by atoms with van der Waals surface area (Å²) in [5.74, 6) is 0. The molecule has 0 radical (unpaired) electrons. The van der Waals surface area contributed by atoms with Crippen LogP contribution in [0.3, 0.4) is 0 Å². The molecule has 0 heterocycles. The second-order valence-corrected chi connectivity index (χ2v) is 8.96. The van der Waals surface area contributed by atoms with E-state index in [-0.39, 0.29) is 19.3 Å². The van der Waals surface area contributed by atoms with Crippen LogP contribution < -0.4 is 0 Å². The Hall–Kier alpha value is 1.63. The summed E-state index contributed by atoms with van der Waals surface area (Å²) in [6.45, 7) is 2.25. The molecule has 0 rings (SSSR count). The fourth-order valence-electron chi connectivity index (χ4n) is 0. The van der Waals surface area contributed by atoms with E-state index in [1.54, 1.807) is 0 Å². The summed E-state index contributed by atoms with van der Waals surface area (Å²) in [6.07, 6.45) is 0. The molecular formula is C2H5IPo. The summed E-state index contributed by atoms with van der Waals surface area (Å²) in [5.41, 5.74) is 0. The third kappa shape index (κ3) is 3.63. The zero-order chi connectivity index (χ0) is 3.41. The van der Waals surface area contributed by atoms with Crippen LogP contribution in [0.1, 0.15) is 6.92 Å². The van der Waals surface area contributed by atoms with Crippen LogP contribution in [0.5, 0.6) is 0 Å². The number of hydrogen-bond acceptors (Lipinski definition) is 0. The van der Waals surface area contributed by atoms with Gasteiger partial charge in [-0.2, -0.15) is 0 Å². The summed E-state index contributed by atoms with van der Waals surface area (Å²) in [5, 5.41) is 0. The minimum absolute atomic E-state index is 0.215. The van der Waals surface area contributed by atoms with E-state index in [4.69, 9.17) is 0 Å². The molecule has 0 aliphatic rings. The molecular weight excluding hydrogens is 360 g/mol. The Morgan fingerprint density at radius 1 is 2.00 bits per heavy atom. The molecule has 0 fully saturated rings. The first-order valence-corrected chi connectivity index (χ1v) is 12.3. The molecule has 0 nitrogen and oxygen atoms in total. The van der Waals surface area contributed by atoms with E-state index in [0.29, 0.717) is 0 Å². The summed E-state index contributed by atoms with van der Waals surface area (Å²) >= 11 is 2.73. The van der Waals surface area contributed by atoms with Crippen molar-refractivity contribution in [3.8, 4) is 0 Å². The summed E-state index contributed by atoms with van der Waals surface area (Å²) < 4.78 is 1.47. The van der Waals surface area contributed by atoms with Gasteiger partial charge < -0.3 is 0 Å². The molecule has 0 spiro atoms. The summed E-state index contributed by atoms with van der Waals surface area (Å²) in [4.78, 5) is 0. The van der Waals surface area contributed by atoms with Gasteiger partial charge in [0, 0.05) is 0 Å². The summed E-state index contributed by atoms with van der Waals surface area (Å²) in [6, 6.07) is 0. The monoisotopic (exact) mass is 365 g/mol. The van der Waals surface area contributed by atoms with Crippen molar-refractivity contribution in [1.82, 2.24) is 0 Å². The van der Waals surface area contributed by atoms with Gasteiger partial charge in [-0.3, -0.25) is 0 Å². The topological polar surface area (TPSA) is 0 Å². The van der Waals surface area contributed by atoms with Crippen LogP contribution in [0.2, 0.25) is 4.08 Å². The van der Waals surface area contributed by atoms with Gasteiger partial charge in [-0.25, -0.2) is 0 Å². The number of halogens is 1. The molecule has 0 aromatic rings. The van der Waals surface area contributed by atoms with Gasteiger partial charge >= 0.3 is 48.3 Å². The molecule has 0 unspecified atom stereocenters. The maximum absolute atomic E-state index is 2.52. The SMILES string of the molecule is C[CH2][Po][I]. The third-order valence-corrected chi connectivity index (χ3v) is 6.42. The molecule has 4 heavy (non-hydrogen) atoms. The van der Waals surface area contributed by atoms with E-state index in [9.17, 15) is 0 Å². The van der Waals surface area contributed by atoms with Crippen LogP contribution >= 0.6 is 18.0 Å². The Balaban J connectivity index is 1.97. The molecule has 0 saturated carbocycles. The molecule has 0 amide bonds. The predicted octanol–water partition coefficient (Wildman–Crippen LogP) is 1.48. The Bertz CT molecular complexity index is 8.00. The van der Waals surface area contributed by atoms with Gasteiger partial charge in [0.25, 0.3) is 0 Å². The first-order valence-electron chi connectivity index (χ1n) is 1.15. The van der Waals surface area contributed by atoms with Crippen molar-refractivity contribution in [2.24, 2.45) is 0 Å². The van der Waals surface area contributed by atoms with Crippen LogP contribution in [0.15, 0.2) is 0 Å². The molecule has 0 aliphatic carbocycles. The second-order valence-electron chi connectivity index (χ2n) is 0.398. The van der Waals surface area contributed by atoms with Gasteiger partial charge in [-0.05, 0) is 0 Å². The molecule has 26 valence electrons. The molecule has 0 N–H and O–H groups in total. The van der Waals surface area contributed by atoms with Crippen LogP contribution in [0, 0.1) is 0 Å². The van der Waals surface area contributed by atoms with E-state index in [0.717, 1.165) is 0 Å². The first-order chi connectivity index (χ1) is 1.91. The van der Waals surface area contributed by atoms with Crippen molar-refractivity contribution in [2.45, 2.75) is 11.0 Å². The molecule has 0 saturated heterocycles. The van der Waals surface area contributed by atoms with E-state index < -0.39 is 0 Å². The molecule has 0 aromatic heterocycles. The van der Waals surface area contributed by atoms with Crippen LogP contribution in [0.25, 0.3) is 0 Å². The van der Waals surface area contributed by atoms with Crippen molar-refractivity contribution in [3.05, 3.63) is 0 Å². The van der Waals surface area contributed by atoms with Crippen LogP contribution in [-0.2, 0) is 0 Å². The average molecular weight is 365 g/mol. The quantitative estimate of drug-likeness (QED) is 0.618. The standard InChI is InChI=1S/C2H5.HI.Po/c1-2;;/h1H2,2H3;1H;/q;;+1/p-1. The zero-order valence-electron chi connectivity index (χ0n) is 2.49. The van der Waals surface area contributed by atoms with Crippen molar-refractivity contribution in [1.29, 1.82) is 0 Å². The molecule has 0 atom stereocenters. The van der Waals surface area contributed by atoms with Crippen molar-refractivity contribution >= 4 is 37.3 Å². The fraction of sp³-hybridized carbons (Fsp3) is 1.00. The van der Waals surface area contributed by atoms with Gasteiger partial charge in [0.15, 0.2) is 0 Å². The number of hydrogen-bond donors (Lipinski definition) is 0. The average Bonchev–Trinajstić information content (AvgIpc) is 1.37. The Labute approximate surface area is 47.7 Å². The van der Waals surface area contributed by atoms with E-state index in [2.05, 4.69) is 24.9 Å². The van der Waals surface area contributed by atoms with Gasteiger partial charge in [-0.1, -0.05) is 0 Å². The van der Waals surface area contributed by atoms with E-state index in [1.165, 1.54) is 4.08 Å². The van der Waals surface area contributed by atoms with Crippen LogP contribution in [-0.4, -0.2) is 19.3 Å². The predicted molar refractivity (Wildman–Crippen MR) is 30.3 cm³/mol. The second kappa shape index (κ2) is 4.63. The molecule has 0 aliphatic heterocycles. The Morgan fingerprint density at radius 2 is 2.25 bits per heavy atom. The molecule has 0 aromatic carbocycles. The fourth-order valence-corrected chi connectivity index (χ4v) is 0. The Morgan fingerprint density at radius 3 is 2.25 bits per heavy atom. The normalized spacial score (nSPS) is 7.50. The number of rotatable bonds is 1.